The second-order valence-corrected chi connectivity index (χ2v) is 11.4. The van der Waals surface area contributed by atoms with Crippen molar-refractivity contribution in [3.63, 3.8) is 0 Å². The van der Waals surface area contributed by atoms with Gasteiger partial charge < -0.3 is 19.3 Å². The Labute approximate surface area is 225 Å². The normalized spacial score (nSPS) is 14.6. The number of benzene rings is 2. The first kappa shape index (κ1) is 28.4. The lowest BCUT2D eigenvalue weighted by atomic mass is 9.73. The number of halogens is 3. The topological polar surface area (TPSA) is 102 Å². The maximum absolute atomic E-state index is 11.6. The Kier molecular flexibility index (Phi) is 9.40. The van der Waals surface area contributed by atoms with Gasteiger partial charge in [0.05, 0.1) is 48.1 Å². The first-order chi connectivity index (χ1) is 17.0. The Morgan fingerprint density at radius 3 is 2.22 bits per heavy atom. The fraction of sp³-hybridized carbons (Fsp3) is 0.375. The van der Waals surface area contributed by atoms with Crippen LogP contribution in [-0.4, -0.2) is 69.0 Å². The molecule has 1 heterocycles. The summed E-state index contributed by atoms with van der Waals surface area (Å²) in [5.74, 6) is 1.41. The average molecular weight is 579 g/mol. The van der Waals surface area contributed by atoms with Crippen molar-refractivity contribution >= 4 is 50.9 Å². The number of sulfonamides is 1. The molecule has 0 aliphatic carbocycles. The molecule has 2 aromatic carbocycles. The molecule has 0 aromatic heterocycles. The van der Waals surface area contributed by atoms with Crippen LogP contribution in [0.1, 0.15) is 17.5 Å². The second-order valence-electron chi connectivity index (χ2n) is 8.35. The maximum atomic E-state index is 11.6. The summed E-state index contributed by atoms with van der Waals surface area (Å²) in [6.45, 7) is 4.58. The number of carboxylic acid groups (broad SMARTS) is 1. The van der Waals surface area contributed by atoms with E-state index >= 15 is 0 Å². The molecule has 0 radical (unpaired) electrons. The zero-order valence-corrected chi connectivity index (χ0v) is 22.6. The molecular weight excluding hydrogens is 553 g/mol. The monoisotopic (exact) mass is 577 g/mol. The minimum atomic E-state index is -3.93. The largest absolute Gasteiger partial charge is 0.490 e. The van der Waals surface area contributed by atoms with Crippen LogP contribution >= 0.6 is 34.8 Å². The molecule has 1 saturated heterocycles. The molecule has 1 aliphatic heterocycles. The van der Waals surface area contributed by atoms with E-state index < -0.39 is 21.5 Å². The molecule has 2 aromatic rings. The van der Waals surface area contributed by atoms with E-state index in [-0.39, 0.29) is 18.7 Å². The highest BCUT2D eigenvalue weighted by atomic mass is 35.5. The summed E-state index contributed by atoms with van der Waals surface area (Å²) in [4.78, 5) is 11.2. The van der Waals surface area contributed by atoms with E-state index in [1.165, 1.54) is 0 Å². The van der Waals surface area contributed by atoms with E-state index in [1.54, 1.807) is 12.1 Å². The van der Waals surface area contributed by atoms with Crippen LogP contribution in [0.5, 0.6) is 11.5 Å². The molecule has 36 heavy (non-hydrogen) atoms. The molecular formula is C24H26Cl3NO7S. The lowest BCUT2D eigenvalue weighted by molar-refractivity contribution is -0.0380. The van der Waals surface area contributed by atoms with Gasteiger partial charge in [0.1, 0.15) is 12.4 Å². The van der Waals surface area contributed by atoms with Gasteiger partial charge in [-0.3, -0.25) is 0 Å². The summed E-state index contributed by atoms with van der Waals surface area (Å²) >= 11 is 18.7. The quantitative estimate of drug-likeness (QED) is 0.210. The van der Waals surface area contributed by atoms with Crippen molar-refractivity contribution < 1.29 is 32.5 Å². The number of hydrogen-bond acceptors (Lipinski definition) is 6. The summed E-state index contributed by atoms with van der Waals surface area (Å²) in [5, 5.41) is 9.90. The van der Waals surface area contributed by atoms with Crippen LogP contribution in [0.15, 0.2) is 48.6 Å². The number of nitrogens with zero attached hydrogens (tertiary/aromatic N) is 1. The van der Waals surface area contributed by atoms with Gasteiger partial charge in [-0.25, -0.2) is 17.5 Å². The minimum Gasteiger partial charge on any atom is -0.490 e. The number of rotatable bonds is 12. The van der Waals surface area contributed by atoms with E-state index in [2.05, 4.69) is 6.58 Å². The summed E-state index contributed by atoms with van der Waals surface area (Å²) in [6, 6.07) is 11.0. The third-order valence-electron chi connectivity index (χ3n) is 5.60. The summed E-state index contributed by atoms with van der Waals surface area (Å²) in [5.41, 5.74) is 1.71. The van der Waals surface area contributed by atoms with Crippen molar-refractivity contribution in [2.45, 2.75) is 11.8 Å². The van der Waals surface area contributed by atoms with Crippen LogP contribution in [0.4, 0.5) is 4.79 Å². The SMILES string of the molecule is C=C(COc1ccc(C2(c3cc(Cl)c(OCCCCl)c(Cl)c3)COC2)cc1)CN(C(=O)O)S(C)(=O)=O. The van der Waals surface area contributed by atoms with Crippen molar-refractivity contribution in [2.75, 3.05) is 45.1 Å². The number of hydrogen-bond donors (Lipinski definition) is 1. The lowest BCUT2D eigenvalue weighted by Gasteiger charge is -2.42. The van der Waals surface area contributed by atoms with Crippen molar-refractivity contribution in [3.8, 4) is 11.5 Å². The van der Waals surface area contributed by atoms with Crippen LogP contribution in [0.25, 0.3) is 0 Å². The van der Waals surface area contributed by atoms with Crippen LogP contribution in [-0.2, 0) is 20.2 Å². The summed E-state index contributed by atoms with van der Waals surface area (Å²) in [6.07, 6.45) is -0.0900. The molecule has 1 amide bonds. The van der Waals surface area contributed by atoms with Gasteiger partial charge in [0.2, 0.25) is 10.0 Å². The third kappa shape index (κ3) is 6.58. The number of amides is 1. The van der Waals surface area contributed by atoms with Gasteiger partial charge in [-0.1, -0.05) is 41.9 Å². The van der Waals surface area contributed by atoms with Crippen molar-refractivity contribution in [1.29, 1.82) is 0 Å². The molecule has 12 heteroatoms. The summed E-state index contributed by atoms with van der Waals surface area (Å²) < 4.78 is 40.4. The Morgan fingerprint density at radius 1 is 1.14 bits per heavy atom. The van der Waals surface area contributed by atoms with Crippen LogP contribution < -0.4 is 9.47 Å². The van der Waals surface area contributed by atoms with Crippen LogP contribution in [0.3, 0.4) is 0 Å². The van der Waals surface area contributed by atoms with Crippen LogP contribution in [0.2, 0.25) is 10.0 Å². The molecule has 0 unspecified atom stereocenters. The molecule has 196 valence electrons. The zero-order valence-electron chi connectivity index (χ0n) is 19.5. The Hall–Kier alpha value is -2.17. The van der Waals surface area contributed by atoms with Gasteiger partial charge in [-0.15, -0.1) is 11.6 Å². The van der Waals surface area contributed by atoms with Gasteiger partial charge in [0.15, 0.2) is 5.75 Å². The van der Waals surface area contributed by atoms with E-state index in [1.807, 2.05) is 24.3 Å². The zero-order chi connectivity index (χ0) is 26.5. The van der Waals surface area contributed by atoms with Gasteiger partial charge in [0.25, 0.3) is 0 Å². The molecule has 0 spiro atoms. The maximum Gasteiger partial charge on any atom is 0.421 e. The van der Waals surface area contributed by atoms with Crippen molar-refractivity contribution in [1.82, 2.24) is 4.31 Å². The van der Waals surface area contributed by atoms with E-state index in [0.717, 1.165) is 17.4 Å². The highest BCUT2D eigenvalue weighted by Crippen LogP contribution is 2.44. The summed E-state index contributed by atoms with van der Waals surface area (Å²) in [7, 11) is -3.93. The van der Waals surface area contributed by atoms with Gasteiger partial charge in [-0.2, -0.15) is 0 Å². The smallest absolute Gasteiger partial charge is 0.421 e. The molecule has 3 rings (SSSR count). The van der Waals surface area contributed by atoms with E-state index in [4.69, 9.17) is 54.1 Å². The number of ether oxygens (including phenoxy) is 3. The Bertz CT molecular complexity index is 1190. The number of carbonyl (C=O) groups is 1. The Balaban J connectivity index is 1.71. The van der Waals surface area contributed by atoms with Crippen LogP contribution in [0, 0.1) is 0 Å². The average Bonchev–Trinajstić information content (AvgIpc) is 2.77. The van der Waals surface area contributed by atoms with Crippen molar-refractivity contribution in [2.24, 2.45) is 0 Å². The first-order valence-electron chi connectivity index (χ1n) is 10.8. The van der Waals surface area contributed by atoms with E-state index in [9.17, 15) is 13.2 Å². The van der Waals surface area contributed by atoms with Gasteiger partial charge in [0, 0.05) is 5.88 Å². The fourth-order valence-corrected chi connectivity index (χ4v) is 5.05. The fourth-order valence-electron chi connectivity index (χ4n) is 3.64. The molecule has 0 bridgehead atoms. The first-order valence-corrected chi connectivity index (χ1v) is 14.0. The second kappa shape index (κ2) is 11.9. The lowest BCUT2D eigenvalue weighted by Crippen LogP contribution is -2.47. The van der Waals surface area contributed by atoms with E-state index in [0.29, 0.717) is 58.0 Å². The van der Waals surface area contributed by atoms with Crippen molar-refractivity contribution in [3.05, 3.63) is 69.7 Å². The molecule has 8 nitrogen and oxygen atoms in total. The standard InChI is InChI=1S/C24H26Cl3NO7S/c1-16(12-28(23(29)30)36(2,31)32)13-35-19-6-4-17(5-7-19)24(14-33-15-24)18-10-20(26)22(21(27)11-18)34-9-3-8-25/h4-7,10-11H,1,3,8-9,12-15H2,2H3,(H,29,30). The molecule has 1 N–H and O–H groups in total. The van der Waals surface area contributed by atoms with Gasteiger partial charge in [-0.05, 0) is 47.4 Å². The molecule has 1 aliphatic rings. The molecule has 0 atom stereocenters. The highest BCUT2D eigenvalue weighted by molar-refractivity contribution is 7.88. The predicted molar refractivity (Wildman–Crippen MR) is 140 cm³/mol. The molecule has 1 fully saturated rings. The van der Waals surface area contributed by atoms with Gasteiger partial charge >= 0.3 is 6.09 Å². The minimum absolute atomic E-state index is 0.0523. The molecule has 0 saturated carbocycles. The highest BCUT2D eigenvalue weighted by Gasteiger charge is 2.42. The third-order valence-corrected chi connectivity index (χ3v) is 7.52. The predicted octanol–water partition coefficient (Wildman–Crippen LogP) is 5.19. The number of alkyl halides is 1. The Morgan fingerprint density at radius 2 is 1.75 bits per heavy atom.